The molecule has 0 aromatic carbocycles. The van der Waals surface area contributed by atoms with Gasteiger partial charge in [-0.25, -0.2) is 4.99 Å². The van der Waals surface area contributed by atoms with Crippen LogP contribution in [0.15, 0.2) is 4.99 Å². The van der Waals surface area contributed by atoms with Gasteiger partial charge < -0.3 is 4.74 Å². The molecule has 0 heterocycles. The molecule has 50 valence electrons. The number of aliphatic imine (C=N–C) groups is 1. The number of hydrogen-bond donors (Lipinski definition) is 0. The Morgan fingerprint density at radius 3 is 2.78 bits per heavy atom. The average molecular weight is 126 g/mol. The standard InChI is InChI=1S/C6H10N2O/c1-3-4-8-6(5-7)9-2/h3-4H2,1-2H3. The number of hydrogen-bond acceptors (Lipinski definition) is 3. The van der Waals surface area contributed by atoms with Crippen molar-refractivity contribution in [1.29, 1.82) is 5.26 Å². The first-order chi connectivity index (χ1) is 4.35. The summed E-state index contributed by atoms with van der Waals surface area (Å²) in [4.78, 5) is 3.81. The average Bonchev–Trinajstić information content (AvgIpc) is 1.91. The molecule has 0 aliphatic carbocycles. The molecule has 0 saturated carbocycles. The Kier molecular flexibility index (Phi) is 4.51. The van der Waals surface area contributed by atoms with Gasteiger partial charge in [-0.3, -0.25) is 0 Å². The predicted molar refractivity (Wildman–Crippen MR) is 35.2 cm³/mol. The minimum atomic E-state index is 0.164. The summed E-state index contributed by atoms with van der Waals surface area (Å²) in [6, 6.07) is 1.81. The third kappa shape index (κ3) is 3.53. The molecule has 0 N–H and O–H groups in total. The number of ether oxygens (including phenoxy) is 1. The summed E-state index contributed by atoms with van der Waals surface area (Å²) in [5, 5.41) is 8.25. The number of nitriles is 1. The number of nitrogens with zero attached hydrogens (tertiary/aromatic N) is 2. The van der Waals surface area contributed by atoms with Crippen LogP contribution in [0.25, 0.3) is 0 Å². The molecule has 0 fully saturated rings. The van der Waals surface area contributed by atoms with Gasteiger partial charge in [0.25, 0.3) is 5.90 Å². The molecule has 0 bridgehead atoms. The Morgan fingerprint density at radius 1 is 1.78 bits per heavy atom. The summed E-state index contributed by atoms with van der Waals surface area (Å²) in [5.41, 5.74) is 0. The summed E-state index contributed by atoms with van der Waals surface area (Å²) in [6.45, 7) is 2.66. The molecular weight excluding hydrogens is 116 g/mol. The summed E-state index contributed by atoms with van der Waals surface area (Å²) in [6.07, 6.45) is 0.939. The van der Waals surface area contributed by atoms with Crippen LogP contribution in [0, 0.1) is 11.3 Å². The smallest absolute Gasteiger partial charge is 0.290 e. The Bertz CT molecular complexity index is 134. The fourth-order valence-corrected chi connectivity index (χ4v) is 0.359. The van der Waals surface area contributed by atoms with E-state index in [0.29, 0.717) is 6.54 Å². The van der Waals surface area contributed by atoms with Gasteiger partial charge in [0, 0.05) is 6.54 Å². The zero-order valence-corrected chi connectivity index (χ0v) is 5.72. The molecule has 0 saturated heterocycles. The molecule has 0 radical (unpaired) electrons. The van der Waals surface area contributed by atoms with Crippen LogP contribution in [0.1, 0.15) is 13.3 Å². The van der Waals surface area contributed by atoms with Gasteiger partial charge in [-0.1, -0.05) is 6.92 Å². The van der Waals surface area contributed by atoms with Crippen molar-refractivity contribution in [2.75, 3.05) is 13.7 Å². The maximum absolute atomic E-state index is 8.25. The first kappa shape index (κ1) is 7.96. The largest absolute Gasteiger partial charge is 0.474 e. The topological polar surface area (TPSA) is 45.4 Å². The van der Waals surface area contributed by atoms with Crippen molar-refractivity contribution < 1.29 is 4.74 Å². The molecule has 0 aromatic heterocycles. The third-order valence-corrected chi connectivity index (χ3v) is 0.768. The highest BCUT2D eigenvalue weighted by atomic mass is 16.5. The van der Waals surface area contributed by atoms with E-state index >= 15 is 0 Å². The van der Waals surface area contributed by atoms with Gasteiger partial charge in [0.15, 0.2) is 6.07 Å². The van der Waals surface area contributed by atoms with Gasteiger partial charge >= 0.3 is 0 Å². The van der Waals surface area contributed by atoms with E-state index in [1.54, 1.807) is 0 Å². The van der Waals surface area contributed by atoms with Crippen molar-refractivity contribution in [3.63, 3.8) is 0 Å². The van der Waals surface area contributed by atoms with Crippen LogP contribution in [0.3, 0.4) is 0 Å². The van der Waals surface area contributed by atoms with E-state index in [-0.39, 0.29) is 5.90 Å². The van der Waals surface area contributed by atoms with Crippen molar-refractivity contribution in [3.05, 3.63) is 0 Å². The lowest BCUT2D eigenvalue weighted by atomic mass is 10.5. The highest BCUT2D eigenvalue weighted by Gasteiger charge is 1.89. The zero-order chi connectivity index (χ0) is 7.11. The second-order valence-corrected chi connectivity index (χ2v) is 1.50. The number of rotatable bonds is 2. The SMILES string of the molecule is CCCN=C(C#N)OC. The van der Waals surface area contributed by atoms with E-state index in [9.17, 15) is 0 Å². The van der Waals surface area contributed by atoms with Crippen LogP contribution in [0.5, 0.6) is 0 Å². The highest BCUT2D eigenvalue weighted by Crippen LogP contribution is 1.81. The quantitative estimate of drug-likeness (QED) is 0.408. The van der Waals surface area contributed by atoms with Crippen molar-refractivity contribution >= 4 is 5.90 Å². The molecule has 0 aliphatic heterocycles. The molecule has 0 amide bonds. The highest BCUT2D eigenvalue weighted by molar-refractivity contribution is 5.91. The van der Waals surface area contributed by atoms with Crippen molar-refractivity contribution in [1.82, 2.24) is 0 Å². The molecule has 0 atom stereocenters. The fraction of sp³-hybridized carbons (Fsp3) is 0.667. The van der Waals surface area contributed by atoms with Crippen LogP contribution < -0.4 is 0 Å². The zero-order valence-electron chi connectivity index (χ0n) is 5.72. The lowest BCUT2D eigenvalue weighted by Gasteiger charge is -1.91. The Hall–Kier alpha value is -1.04. The molecule has 3 heteroatoms. The summed E-state index contributed by atoms with van der Waals surface area (Å²) in [7, 11) is 1.44. The van der Waals surface area contributed by atoms with E-state index < -0.39 is 0 Å². The Balaban J connectivity index is 3.66. The van der Waals surface area contributed by atoms with Crippen LogP contribution in [-0.2, 0) is 4.74 Å². The van der Waals surface area contributed by atoms with Gasteiger partial charge in [-0.15, -0.1) is 0 Å². The predicted octanol–water partition coefficient (Wildman–Crippen LogP) is 0.965. The second kappa shape index (κ2) is 5.10. The summed E-state index contributed by atoms with van der Waals surface area (Å²) < 4.78 is 4.59. The second-order valence-electron chi connectivity index (χ2n) is 1.50. The van der Waals surface area contributed by atoms with Crippen molar-refractivity contribution in [2.45, 2.75) is 13.3 Å². The van der Waals surface area contributed by atoms with E-state index in [1.165, 1.54) is 7.11 Å². The minimum absolute atomic E-state index is 0.164. The molecule has 0 unspecified atom stereocenters. The molecule has 3 nitrogen and oxygen atoms in total. The van der Waals surface area contributed by atoms with E-state index in [4.69, 9.17) is 5.26 Å². The van der Waals surface area contributed by atoms with E-state index in [2.05, 4.69) is 9.73 Å². The van der Waals surface area contributed by atoms with E-state index in [1.807, 2.05) is 13.0 Å². The van der Waals surface area contributed by atoms with Crippen LogP contribution in [0.4, 0.5) is 0 Å². The third-order valence-electron chi connectivity index (χ3n) is 0.768. The Labute approximate surface area is 55.0 Å². The van der Waals surface area contributed by atoms with Gasteiger partial charge in [-0.2, -0.15) is 5.26 Å². The lowest BCUT2D eigenvalue weighted by Crippen LogP contribution is -1.97. The van der Waals surface area contributed by atoms with Crippen LogP contribution >= 0.6 is 0 Å². The molecule has 0 aromatic rings. The molecule has 0 spiro atoms. The van der Waals surface area contributed by atoms with Crippen LogP contribution in [-0.4, -0.2) is 19.6 Å². The molecule has 9 heavy (non-hydrogen) atoms. The Morgan fingerprint density at radius 2 is 2.44 bits per heavy atom. The van der Waals surface area contributed by atoms with Gasteiger partial charge in [0.05, 0.1) is 7.11 Å². The number of methoxy groups -OCH3 is 1. The van der Waals surface area contributed by atoms with Gasteiger partial charge in [0.1, 0.15) is 0 Å². The summed E-state index contributed by atoms with van der Waals surface area (Å²) >= 11 is 0. The van der Waals surface area contributed by atoms with Crippen LogP contribution in [0.2, 0.25) is 0 Å². The van der Waals surface area contributed by atoms with Crippen molar-refractivity contribution in [2.24, 2.45) is 4.99 Å². The fourth-order valence-electron chi connectivity index (χ4n) is 0.359. The monoisotopic (exact) mass is 126 g/mol. The normalized spacial score (nSPS) is 10.6. The lowest BCUT2D eigenvalue weighted by molar-refractivity contribution is 0.406. The minimum Gasteiger partial charge on any atom is -0.474 e. The van der Waals surface area contributed by atoms with E-state index in [0.717, 1.165) is 6.42 Å². The molecule has 0 aliphatic rings. The van der Waals surface area contributed by atoms with Crippen molar-refractivity contribution in [3.8, 4) is 6.07 Å². The molecular formula is C6H10N2O. The van der Waals surface area contributed by atoms with Gasteiger partial charge in [-0.05, 0) is 6.42 Å². The molecule has 0 rings (SSSR count). The maximum atomic E-state index is 8.25. The first-order valence-electron chi connectivity index (χ1n) is 2.83. The maximum Gasteiger partial charge on any atom is 0.290 e. The summed E-state index contributed by atoms with van der Waals surface area (Å²) in [5.74, 6) is 0.164. The van der Waals surface area contributed by atoms with Gasteiger partial charge in [0.2, 0.25) is 0 Å². The first-order valence-corrected chi connectivity index (χ1v) is 2.83.